The van der Waals surface area contributed by atoms with Crippen LogP contribution in [0.3, 0.4) is 0 Å². The Morgan fingerprint density at radius 3 is 2.42 bits per heavy atom. The van der Waals surface area contributed by atoms with Crippen LogP contribution in [0.2, 0.25) is 10.0 Å². The number of anilines is 2. The maximum Gasteiger partial charge on any atom is 0.263 e. The fourth-order valence-electron chi connectivity index (χ4n) is 3.49. The number of hydrogen-bond donors (Lipinski definition) is 2. The van der Waals surface area contributed by atoms with Gasteiger partial charge in [0.1, 0.15) is 11.6 Å². The van der Waals surface area contributed by atoms with Gasteiger partial charge in [-0.15, -0.1) is 0 Å². The van der Waals surface area contributed by atoms with E-state index in [2.05, 4.69) is 15.2 Å². The Bertz CT molecular complexity index is 1510. The quantitative estimate of drug-likeness (QED) is 0.227. The summed E-state index contributed by atoms with van der Waals surface area (Å²) in [5, 5.41) is 7.41. The fraction of sp³-hybridized carbons (Fsp3) is 0.120. The molecule has 0 saturated heterocycles. The molecule has 4 aromatic rings. The SMILES string of the molecule is Cc1cc(NS(=O)(=O)c2ccc(NC(CC(=O)c3ccc(Cl)c(Cl)c3)c3cccc(F)c3)cc2)no1. The summed E-state index contributed by atoms with van der Waals surface area (Å²) >= 11 is 12.0. The number of nitrogens with one attached hydrogen (secondary N) is 2. The highest BCUT2D eigenvalue weighted by molar-refractivity contribution is 7.92. The summed E-state index contributed by atoms with van der Waals surface area (Å²) in [6, 6.07) is 17.3. The number of aryl methyl sites for hydroxylation is 1. The van der Waals surface area contributed by atoms with E-state index in [4.69, 9.17) is 27.7 Å². The summed E-state index contributed by atoms with van der Waals surface area (Å²) in [6.07, 6.45) is -0.0193. The number of carbonyl (C=O) groups is 1. The molecule has 0 amide bonds. The Balaban J connectivity index is 1.55. The number of halogens is 3. The van der Waals surface area contributed by atoms with Crippen LogP contribution < -0.4 is 10.0 Å². The lowest BCUT2D eigenvalue weighted by Gasteiger charge is -2.20. The highest BCUT2D eigenvalue weighted by Crippen LogP contribution is 2.28. The van der Waals surface area contributed by atoms with Crippen molar-refractivity contribution in [1.29, 1.82) is 0 Å². The van der Waals surface area contributed by atoms with Crippen LogP contribution in [0, 0.1) is 12.7 Å². The number of sulfonamides is 1. The zero-order valence-corrected chi connectivity index (χ0v) is 21.2. The zero-order valence-electron chi connectivity index (χ0n) is 18.8. The van der Waals surface area contributed by atoms with Gasteiger partial charge in [0.05, 0.1) is 21.0 Å². The minimum Gasteiger partial charge on any atom is -0.378 e. The van der Waals surface area contributed by atoms with Crippen LogP contribution in [-0.2, 0) is 10.0 Å². The fourth-order valence-corrected chi connectivity index (χ4v) is 4.77. The number of Topliss-reactive ketones (excluding diaryl/α,β-unsaturated/α-hetero) is 1. The molecule has 0 aliphatic heterocycles. The number of carbonyl (C=O) groups excluding carboxylic acids is 1. The van der Waals surface area contributed by atoms with Gasteiger partial charge in [0, 0.05) is 23.7 Å². The highest BCUT2D eigenvalue weighted by atomic mass is 35.5. The first-order valence-corrected chi connectivity index (χ1v) is 12.9. The number of rotatable bonds is 9. The maximum atomic E-state index is 14.0. The third-order valence-corrected chi connectivity index (χ3v) is 7.36. The van der Waals surface area contributed by atoms with E-state index in [1.807, 2.05) is 0 Å². The summed E-state index contributed by atoms with van der Waals surface area (Å²) in [5.41, 5.74) is 1.44. The number of aromatic nitrogens is 1. The molecule has 1 aromatic heterocycles. The summed E-state index contributed by atoms with van der Waals surface area (Å²) < 4.78 is 46.5. The second kappa shape index (κ2) is 10.7. The lowest BCUT2D eigenvalue weighted by atomic mass is 9.97. The second-order valence-corrected chi connectivity index (χ2v) is 10.5. The molecule has 4 rings (SSSR count). The first-order valence-electron chi connectivity index (χ1n) is 10.7. The number of hydrogen-bond acceptors (Lipinski definition) is 6. The molecule has 1 heterocycles. The van der Waals surface area contributed by atoms with Gasteiger partial charge < -0.3 is 9.84 Å². The highest BCUT2D eigenvalue weighted by Gasteiger charge is 2.20. The third-order valence-electron chi connectivity index (χ3n) is 5.25. The number of nitrogens with zero attached hydrogens (tertiary/aromatic N) is 1. The van der Waals surface area contributed by atoms with Crippen LogP contribution >= 0.6 is 23.2 Å². The lowest BCUT2D eigenvalue weighted by molar-refractivity contribution is 0.0976. The van der Waals surface area contributed by atoms with Crippen LogP contribution in [0.25, 0.3) is 0 Å². The summed E-state index contributed by atoms with van der Waals surface area (Å²) in [6.45, 7) is 1.65. The molecule has 186 valence electrons. The van der Waals surface area contributed by atoms with Crippen molar-refractivity contribution in [2.24, 2.45) is 0 Å². The molecule has 0 aliphatic rings. The molecule has 0 aliphatic carbocycles. The van der Waals surface area contributed by atoms with E-state index < -0.39 is 21.9 Å². The van der Waals surface area contributed by atoms with Gasteiger partial charge in [-0.05, 0) is 67.1 Å². The van der Waals surface area contributed by atoms with Gasteiger partial charge in [-0.1, -0.05) is 40.5 Å². The molecule has 36 heavy (non-hydrogen) atoms. The molecule has 0 radical (unpaired) electrons. The molecule has 0 spiro atoms. The Morgan fingerprint density at radius 2 is 1.78 bits per heavy atom. The zero-order chi connectivity index (χ0) is 25.9. The van der Waals surface area contributed by atoms with Crippen LogP contribution in [0.4, 0.5) is 15.9 Å². The van der Waals surface area contributed by atoms with E-state index in [0.29, 0.717) is 27.6 Å². The molecule has 1 unspecified atom stereocenters. The molecular weight excluding hydrogens is 528 g/mol. The normalized spacial score (nSPS) is 12.2. The van der Waals surface area contributed by atoms with Gasteiger partial charge in [0.2, 0.25) is 0 Å². The van der Waals surface area contributed by atoms with Crippen LogP contribution in [0.1, 0.15) is 34.1 Å². The predicted octanol–water partition coefficient (Wildman–Crippen LogP) is 6.66. The predicted molar refractivity (Wildman–Crippen MR) is 137 cm³/mol. The first-order chi connectivity index (χ1) is 17.1. The Labute approximate surface area is 217 Å². The molecule has 11 heteroatoms. The van der Waals surface area contributed by atoms with Gasteiger partial charge >= 0.3 is 0 Å². The van der Waals surface area contributed by atoms with Crippen LogP contribution in [0.15, 0.2) is 82.2 Å². The van der Waals surface area contributed by atoms with Crippen molar-refractivity contribution < 1.29 is 22.1 Å². The Morgan fingerprint density at radius 1 is 1.03 bits per heavy atom. The van der Waals surface area contributed by atoms with Gasteiger partial charge in [-0.3, -0.25) is 9.52 Å². The largest absolute Gasteiger partial charge is 0.378 e. The van der Waals surface area contributed by atoms with Crippen molar-refractivity contribution in [2.45, 2.75) is 24.3 Å². The Hall–Kier alpha value is -3.40. The van der Waals surface area contributed by atoms with Crippen LogP contribution in [0.5, 0.6) is 0 Å². The average molecular weight is 548 g/mol. The molecule has 7 nitrogen and oxygen atoms in total. The van der Waals surface area contributed by atoms with Gasteiger partial charge in [0.25, 0.3) is 10.0 Å². The van der Waals surface area contributed by atoms with Crippen molar-refractivity contribution in [3.8, 4) is 0 Å². The molecule has 1 atom stereocenters. The monoisotopic (exact) mass is 547 g/mol. The minimum atomic E-state index is -3.89. The first kappa shape index (κ1) is 25.7. The van der Waals surface area contributed by atoms with Crippen molar-refractivity contribution >= 4 is 50.5 Å². The lowest BCUT2D eigenvalue weighted by Crippen LogP contribution is -2.16. The topological polar surface area (TPSA) is 101 Å². The molecular formula is C25H20Cl2FN3O4S. The third kappa shape index (κ3) is 6.23. The van der Waals surface area contributed by atoms with E-state index in [-0.39, 0.29) is 27.9 Å². The van der Waals surface area contributed by atoms with Crippen molar-refractivity contribution in [3.05, 3.63) is 106 Å². The Kier molecular flexibility index (Phi) is 7.63. The maximum absolute atomic E-state index is 14.0. The summed E-state index contributed by atoms with van der Waals surface area (Å²) in [4.78, 5) is 13.0. The second-order valence-electron chi connectivity index (χ2n) is 7.96. The van der Waals surface area contributed by atoms with E-state index in [1.54, 1.807) is 37.3 Å². The molecule has 0 bridgehead atoms. The molecule has 2 N–H and O–H groups in total. The molecule has 0 fully saturated rings. The minimum absolute atomic E-state index is 0.00268. The molecule has 0 saturated carbocycles. The smallest absolute Gasteiger partial charge is 0.263 e. The number of ketones is 1. The van der Waals surface area contributed by atoms with Gasteiger partial charge in [-0.2, -0.15) is 0 Å². The number of benzene rings is 3. The standard InChI is InChI=1S/C25H20Cl2FN3O4S/c1-15-11-25(30-35-15)31-36(33,34)20-8-6-19(7-9-20)29-23(16-3-2-4-18(28)12-16)14-24(32)17-5-10-21(26)22(27)13-17/h2-13,23,29H,14H2,1H3,(H,30,31). The van der Waals surface area contributed by atoms with E-state index in [9.17, 15) is 17.6 Å². The molecule has 3 aromatic carbocycles. The van der Waals surface area contributed by atoms with E-state index >= 15 is 0 Å². The van der Waals surface area contributed by atoms with Crippen molar-refractivity contribution in [3.63, 3.8) is 0 Å². The van der Waals surface area contributed by atoms with Crippen LogP contribution in [-0.4, -0.2) is 19.4 Å². The van der Waals surface area contributed by atoms with E-state index in [0.717, 1.165) is 0 Å². The summed E-state index contributed by atoms with van der Waals surface area (Å²) in [5.74, 6) is -0.147. The van der Waals surface area contributed by atoms with Gasteiger partial charge in [-0.25, -0.2) is 12.8 Å². The van der Waals surface area contributed by atoms with Gasteiger partial charge in [0.15, 0.2) is 11.6 Å². The van der Waals surface area contributed by atoms with Crippen molar-refractivity contribution in [2.75, 3.05) is 10.0 Å². The average Bonchev–Trinajstić information content (AvgIpc) is 3.24. The summed E-state index contributed by atoms with van der Waals surface area (Å²) in [7, 11) is -3.89. The van der Waals surface area contributed by atoms with E-state index in [1.165, 1.54) is 42.5 Å². The van der Waals surface area contributed by atoms with Crippen molar-refractivity contribution in [1.82, 2.24) is 5.16 Å².